The highest BCUT2D eigenvalue weighted by molar-refractivity contribution is 5.98. The van der Waals surface area contributed by atoms with Gasteiger partial charge in [0.25, 0.3) is 0 Å². The number of allylic oxidation sites excluding steroid dienone is 1. The Hall–Kier alpha value is -1.81. The first kappa shape index (κ1) is 19.0. The lowest BCUT2D eigenvalue weighted by Crippen LogP contribution is -2.44. The standard InChI is InChI=1S/C22H31NO3/c1-22(2)13-16-11-21(26-3)17(14-24)10-18(16)19(23-22)12-20(25)15-8-6-4-5-7-9-15/h10-12,15,23-24H,4-9,13-14H2,1-3H3. The smallest absolute Gasteiger partial charge is 0.160 e. The number of hydrogen-bond donors (Lipinski definition) is 2. The van der Waals surface area contributed by atoms with Gasteiger partial charge in [-0.05, 0) is 50.8 Å². The lowest BCUT2D eigenvalue weighted by atomic mass is 9.84. The molecule has 1 aromatic rings. The molecule has 0 bridgehead atoms. The Morgan fingerprint density at radius 3 is 2.58 bits per heavy atom. The van der Waals surface area contributed by atoms with E-state index < -0.39 is 0 Å². The molecule has 0 spiro atoms. The number of ether oxygens (including phenoxy) is 1. The maximum absolute atomic E-state index is 12.9. The molecule has 0 saturated heterocycles. The van der Waals surface area contributed by atoms with Crippen LogP contribution in [0.2, 0.25) is 0 Å². The Bertz CT molecular complexity index is 698. The highest BCUT2D eigenvalue weighted by Gasteiger charge is 2.30. The summed E-state index contributed by atoms with van der Waals surface area (Å²) in [6, 6.07) is 3.97. The molecule has 2 N–H and O–H groups in total. The second-order valence-corrected chi connectivity index (χ2v) is 8.31. The van der Waals surface area contributed by atoms with Gasteiger partial charge in [-0.15, -0.1) is 0 Å². The Balaban J connectivity index is 1.97. The number of hydrogen-bond acceptors (Lipinski definition) is 4. The zero-order valence-electron chi connectivity index (χ0n) is 16.2. The molecule has 26 heavy (non-hydrogen) atoms. The van der Waals surface area contributed by atoms with Gasteiger partial charge in [0.2, 0.25) is 0 Å². The number of aliphatic hydroxyl groups is 1. The summed E-state index contributed by atoms with van der Waals surface area (Å²) in [6.45, 7) is 4.21. The van der Waals surface area contributed by atoms with E-state index in [4.69, 9.17) is 4.74 Å². The minimum Gasteiger partial charge on any atom is -0.496 e. The zero-order valence-corrected chi connectivity index (χ0v) is 16.2. The van der Waals surface area contributed by atoms with Crippen LogP contribution in [-0.2, 0) is 17.8 Å². The molecule has 4 heteroatoms. The second-order valence-electron chi connectivity index (χ2n) is 8.31. The van der Waals surface area contributed by atoms with Crippen molar-refractivity contribution in [3.8, 4) is 5.75 Å². The van der Waals surface area contributed by atoms with Gasteiger partial charge in [-0.1, -0.05) is 25.7 Å². The number of nitrogens with one attached hydrogen (secondary N) is 1. The molecule has 1 heterocycles. The summed E-state index contributed by atoms with van der Waals surface area (Å²) in [6.07, 6.45) is 9.46. The van der Waals surface area contributed by atoms with Gasteiger partial charge in [0.05, 0.1) is 13.7 Å². The molecule has 1 aliphatic carbocycles. The van der Waals surface area contributed by atoms with Crippen molar-refractivity contribution in [2.24, 2.45) is 5.92 Å². The molecule has 1 fully saturated rings. The van der Waals surface area contributed by atoms with Gasteiger partial charge in [-0.25, -0.2) is 0 Å². The zero-order chi connectivity index (χ0) is 18.7. The van der Waals surface area contributed by atoms with Crippen molar-refractivity contribution in [2.75, 3.05) is 7.11 Å². The number of fused-ring (bicyclic) bond motifs is 1. The van der Waals surface area contributed by atoms with Gasteiger partial charge in [0.15, 0.2) is 5.78 Å². The molecule has 0 aromatic heterocycles. The van der Waals surface area contributed by atoms with Crippen molar-refractivity contribution in [1.82, 2.24) is 5.32 Å². The Morgan fingerprint density at radius 2 is 1.96 bits per heavy atom. The third-order valence-corrected chi connectivity index (χ3v) is 5.62. The van der Waals surface area contributed by atoms with Gasteiger partial charge in [0, 0.05) is 34.4 Å². The Labute approximate surface area is 156 Å². The van der Waals surface area contributed by atoms with E-state index in [9.17, 15) is 9.90 Å². The molecule has 4 nitrogen and oxygen atoms in total. The van der Waals surface area contributed by atoms with Gasteiger partial charge in [0.1, 0.15) is 5.75 Å². The first-order valence-corrected chi connectivity index (χ1v) is 9.78. The van der Waals surface area contributed by atoms with Crippen LogP contribution >= 0.6 is 0 Å². The molecule has 0 unspecified atom stereocenters. The van der Waals surface area contributed by atoms with Crippen molar-refractivity contribution in [1.29, 1.82) is 0 Å². The summed E-state index contributed by atoms with van der Waals surface area (Å²) in [7, 11) is 1.62. The topological polar surface area (TPSA) is 58.6 Å². The fourth-order valence-corrected chi connectivity index (χ4v) is 4.27. The van der Waals surface area contributed by atoms with Gasteiger partial charge >= 0.3 is 0 Å². The quantitative estimate of drug-likeness (QED) is 0.632. The molecular formula is C22H31NO3. The van der Waals surface area contributed by atoms with Crippen LogP contribution in [0.4, 0.5) is 0 Å². The van der Waals surface area contributed by atoms with E-state index in [0.29, 0.717) is 5.75 Å². The summed E-state index contributed by atoms with van der Waals surface area (Å²) in [5.41, 5.74) is 3.66. The van der Waals surface area contributed by atoms with E-state index in [1.54, 1.807) is 7.11 Å². The molecule has 0 radical (unpaired) electrons. The third kappa shape index (κ3) is 4.12. The lowest BCUT2D eigenvalue weighted by molar-refractivity contribution is -0.118. The summed E-state index contributed by atoms with van der Waals surface area (Å²) in [5, 5.41) is 13.2. The fraction of sp³-hybridized carbons (Fsp3) is 0.591. The maximum atomic E-state index is 12.9. The maximum Gasteiger partial charge on any atom is 0.160 e. The normalized spacial score (nSPS) is 21.6. The predicted octanol–water partition coefficient (Wildman–Crippen LogP) is 3.99. The van der Waals surface area contributed by atoms with Crippen LogP contribution in [0.5, 0.6) is 5.75 Å². The van der Waals surface area contributed by atoms with Crippen molar-refractivity contribution < 1.29 is 14.6 Å². The number of rotatable bonds is 4. The average Bonchev–Trinajstić information content (AvgIpc) is 2.89. The molecular weight excluding hydrogens is 326 g/mol. The third-order valence-electron chi connectivity index (χ3n) is 5.62. The monoisotopic (exact) mass is 357 g/mol. The fourth-order valence-electron chi connectivity index (χ4n) is 4.27. The second kappa shape index (κ2) is 7.83. The number of carbonyl (C=O) groups excluding carboxylic acids is 1. The molecule has 1 saturated carbocycles. The van der Waals surface area contributed by atoms with E-state index in [1.165, 1.54) is 12.8 Å². The van der Waals surface area contributed by atoms with Crippen molar-refractivity contribution in [2.45, 2.75) is 70.9 Å². The van der Waals surface area contributed by atoms with Crippen molar-refractivity contribution in [3.05, 3.63) is 34.9 Å². The highest BCUT2D eigenvalue weighted by atomic mass is 16.5. The minimum absolute atomic E-state index is 0.0797. The predicted molar refractivity (Wildman–Crippen MR) is 104 cm³/mol. The Kier molecular flexibility index (Phi) is 5.71. The van der Waals surface area contributed by atoms with E-state index in [1.807, 2.05) is 18.2 Å². The largest absolute Gasteiger partial charge is 0.496 e. The van der Waals surface area contributed by atoms with Gasteiger partial charge in [-0.3, -0.25) is 4.79 Å². The first-order chi connectivity index (χ1) is 12.4. The number of carbonyl (C=O) groups is 1. The summed E-state index contributed by atoms with van der Waals surface area (Å²) in [5.74, 6) is 1.09. The molecule has 2 aliphatic rings. The van der Waals surface area contributed by atoms with Gasteiger partial charge in [-0.2, -0.15) is 0 Å². The highest BCUT2D eigenvalue weighted by Crippen LogP contribution is 2.35. The van der Waals surface area contributed by atoms with Crippen molar-refractivity contribution in [3.63, 3.8) is 0 Å². The van der Waals surface area contributed by atoms with E-state index in [2.05, 4.69) is 19.2 Å². The van der Waals surface area contributed by atoms with E-state index in [0.717, 1.165) is 54.5 Å². The minimum atomic E-state index is -0.131. The summed E-state index contributed by atoms with van der Waals surface area (Å²) >= 11 is 0. The van der Waals surface area contributed by atoms with E-state index >= 15 is 0 Å². The molecule has 1 aromatic carbocycles. The number of ketones is 1. The first-order valence-electron chi connectivity index (χ1n) is 9.78. The molecule has 0 amide bonds. The summed E-state index contributed by atoms with van der Waals surface area (Å²) < 4.78 is 5.43. The van der Waals surface area contributed by atoms with Crippen LogP contribution in [0.1, 0.15) is 69.1 Å². The van der Waals surface area contributed by atoms with Crippen LogP contribution in [0, 0.1) is 5.92 Å². The molecule has 1 aliphatic heterocycles. The van der Waals surface area contributed by atoms with Crippen molar-refractivity contribution >= 4 is 11.5 Å². The molecule has 142 valence electrons. The summed E-state index contributed by atoms with van der Waals surface area (Å²) in [4.78, 5) is 12.9. The SMILES string of the molecule is COc1cc2c(cc1CO)C(=CC(=O)C1CCCCCC1)NC(C)(C)C2. The Morgan fingerprint density at radius 1 is 1.27 bits per heavy atom. The van der Waals surface area contributed by atoms with Crippen LogP contribution < -0.4 is 10.1 Å². The average molecular weight is 357 g/mol. The van der Waals surface area contributed by atoms with Crippen LogP contribution in [0.15, 0.2) is 18.2 Å². The molecule has 0 atom stereocenters. The van der Waals surface area contributed by atoms with Crippen LogP contribution in [0.3, 0.4) is 0 Å². The number of methoxy groups -OCH3 is 1. The van der Waals surface area contributed by atoms with Crippen LogP contribution in [0.25, 0.3) is 5.70 Å². The lowest BCUT2D eigenvalue weighted by Gasteiger charge is -2.36. The van der Waals surface area contributed by atoms with E-state index in [-0.39, 0.29) is 23.8 Å². The van der Waals surface area contributed by atoms with Gasteiger partial charge < -0.3 is 15.2 Å². The molecule has 3 rings (SSSR count). The number of aliphatic hydroxyl groups excluding tert-OH is 1. The number of benzene rings is 1. The van der Waals surface area contributed by atoms with Crippen LogP contribution in [-0.4, -0.2) is 23.5 Å².